The van der Waals surface area contributed by atoms with E-state index in [4.69, 9.17) is 0 Å². The van der Waals surface area contributed by atoms with Gasteiger partial charge in [-0.15, -0.1) is 0 Å². The topological polar surface area (TPSA) is 75.1 Å². The van der Waals surface area contributed by atoms with Crippen molar-refractivity contribution in [1.82, 2.24) is 20.1 Å². The monoisotopic (exact) mass is 346 g/mol. The van der Waals surface area contributed by atoms with Gasteiger partial charge < -0.3 is 15.5 Å². The standard InChI is InChI=1S/C17H23FN6O/c1-13(10-24-12-19-11-20-24)21-17(25)22-15-9-14(18)5-6-16(15)23-7-3-2-4-8-23/h5-6,9,11-13H,2-4,7-8,10H2,1H3,(H2,21,22,25). The largest absolute Gasteiger partial charge is 0.370 e. The summed E-state index contributed by atoms with van der Waals surface area (Å²) in [5, 5.41) is 9.63. The first-order chi connectivity index (χ1) is 12.1. The van der Waals surface area contributed by atoms with Gasteiger partial charge in [0.15, 0.2) is 0 Å². The Morgan fingerprint density at radius 1 is 1.32 bits per heavy atom. The van der Waals surface area contributed by atoms with Crippen molar-refractivity contribution in [2.75, 3.05) is 23.3 Å². The summed E-state index contributed by atoms with van der Waals surface area (Å²) in [4.78, 5) is 18.4. The van der Waals surface area contributed by atoms with Gasteiger partial charge in [0.1, 0.15) is 18.5 Å². The predicted octanol–water partition coefficient (Wildman–Crippen LogP) is 2.62. The quantitative estimate of drug-likeness (QED) is 0.873. The van der Waals surface area contributed by atoms with E-state index in [-0.39, 0.29) is 17.9 Å². The van der Waals surface area contributed by atoms with E-state index in [2.05, 4.69) is 25.6 Å². The number of nitrogens with one attached hydrogen (secondary N) is 2. The van der Waals surface area contributed by atoms with Crippen molar-refractivity contribution in [1.29, 1.82) is 0 Å². The maximum atomic E-state index is 13.7. The molecule has 1 saturated heterocycles. The van der Waals surface area contributed by atoms with Crippen LogP contribution < -0.4 is 15.5 Å². The Morgan fingerprint density at radius 3 is 2.84 bits per heavy atom. The third kappa shape index (κ3) is 4.68. The molecule has 2 amide bonds. The molecular weight excluding hydrogens is 323 g/mol. The molecule has 2 aromatic rings. The lowest BCUT2D eigenvalue weighted by molar-refractivity contribution is 0.247. The highest BCUT2D eigenvalue weighted by Gasteiger charge is 2.17. The maximum absolute atomic E-state index is 13.7. The summed E-state index contributed by atoms with van der Waals surface area (Å²) in [5.74, 6) is -0.369. The van der Waals surface area contributed by atoms with Crippen LogP contribution in [0.2, 0.25) is 0 Å². The van der Waals surface area contributed by atoms with Gasteiger partial charge >= 0.3 is 6.03 Å². The number of piperidine rings is 1. The molecule has 1 aromatic heterocycles. The summed E-state index contributed by atoms with van der Waals surface area (Å²) in [6.07, 6.45) is 6.47. The fraction of sp³-hybridized carbons (Fsp3) is 0.471. The Kier molecular flexibility index (Phi) is 5.47. The highest BCUT2D eigenvalue weighted by molar-refractivity contribution is 5.93. The molecule has 3 rings (SSSR count). The summed E-state index contributed by atoms with van der Waals surface area (Å²) < 4.78 is 15.3. The minimum atomic E-state index is -0.369. The zero-order chi connectivity index (χ0) is 17.6. The molecule has 0 radical (unpaired) electrons. The van der Waals surface area contributed by atoms with Crippen LogP contribution in [0.1, 0.15) is 26.2 Å². The first-order valence-electron chi connectivity index (χ1n) is 8.56. The van der Waals surface area contributed by atoms with Gasteiger partial charge in [0.2, 0.25) is 0 Å². The summed E-state index contributed by atoms with van der Waals surface area (Å²) in [6, 6.07) is 4.02. The van der Waals surface area contributed by atoms with Crippen molar-refractivity contribution in [3.05, 3.63) is 36.7 Å². The molecule has 0 aliphatic carbocycles. The number of hydrogen-bond acceptors (Lipinski definition) is 4. The van der Waals surface area contributed by atoms with E-state index in [9.17, 15) is 9.18 Å². The molecule has 1 aliphatic heterocycles. The highest BCUT2D eigenvalue weighted by Crippen LogP contribution is 2.29. The minimum absolute atomic E-state index is 0.145. The number of hydrogen-bond donors (Lipinski definition) is 2. The first kappa shape index (κ1) is 17.2. The molecule has 2 N–H and O–H groups in total. The molecule has 25 heavy (non-hydrogen) atoms. The summed E-state index contributed by atoms with van der Waals surface area (Å²) in [7, 11) is 0. The number of urea groups is 1. The Balaban J connectivity index is 1.64. The maximum Gasteiger partial charge on any atom is 0.319 e. The number of anilines is 2. The number of carbonyl (C=O) groups is 1. The van der Waals surface area contributed by atoms with Crippen molar-refractivity contribution in [3.63, 3.8) is 0 Å². The average Bonchev–Trinajstić information content (AvgIpc) is 3.08. The van der Waals surface area contributed by atoms with Gasteiger partial charge in [-0.3, -0.25) is 4.68 Å². The van der Waals surface area contributed by atoms with Gasteiger partial charge in [-0.05, 0) is 44.4 Å². The second-order valence-electron chi connectivity index (χ2n) is 6.33. The zero-order valence-electron chi connectivity index (χ0n) is 14.3. The van der Waals surface area contributed by atoms with E-state index in [1.54, 1.807) is 17.1 Å². The number of carbonyl (C=O) groups excluding carboxylic acids is 1. The summed E-state index contributed by atoms with van der Waals surface area (Å²) >= 11 is 0. The second-order valence-corrected chi connectivity index (χ2v) is 6.33. The third-order valence-corrected chi connectivity index (χ3v) is 4.21. The lowest BCUT2D eigenvalue weighted by Gasteiger charge is -2.30. The van der Waals surface area contributed by atoms with Crippen LogP contribution in [0, 0.1) is 5.82 Å². The first-order valence-corrected chi connectivity index (χ1v) is 8.56. The molecule has 7 nitrogen and oxygen atoms in total. The lowest BCUT2D eigenvalue weighted by atomic mass is 10.1. The number of amides is 2. The molecular formula is C17H23FN6O. The van der Waals surface area contributed by atoms with Crippen LogP contribution in [-0.2, 0) is 6.54 Å². The van der Waals surface area contributed by atoms with Crippen molar-refractivity contribution in [2.45, 2.75) is 38.8 Å². The number of halogens is 1. The van der Waals surface area contributed by atoms with Crippen LogP contribution in [0.3, 0.4) is 0 Å². The normalized spacial score (nSPS) is 15.7. The molecule has 1 fully saturated rings. The number of rotatable bonds is 5. The van der Waals surface area contributed by atoms with Gasteiger partial charge in [-0.2, -0.15) is 5.10 Å². The van der Waals surface area contributed by atoms with E-state index >= 15 is 0 Å². The van der Waals surface area contributed by atoms with Crippen LogP contribution in [0.25, 0.3) is 0 Å². The number of benzene rings is 1. The Hall–Kier alpha value is -2.64. The van der Waals surface area contributed by atoms with Crippen LogP contribution in [0.4, 0.5) is 20.6 Å². The van der Waals surface area contributed by atoms with Crippen LogP contribution in [-0.4, -0.2) is 39.9 Å². The number of aromatic nitrogens is 3. The average molecular weight is 346 g/mol. The smallest absolute Gasteiger partial charge is 0.319 e. The van der Waals surface area contributed by atoms with Gasteiger partial charge in [-0.25, -0.2) is 14.2 Å². The van der Waals surface area contributed by atoms with Crippen molar-refractivity contribution < 1.29 is 9.18 Å². The number of nitrogens with zero attached hydrogens (tertiary/aromatic N) is 4. The van der Waals surface area contributed by atoms with Gasteiger partial charge in [0, 0.05) is 19.1 Å². The van der Waals surface area contributed by atoms with E-state index in [0.29, 0.717) is 12.2 Å². The van der Waals surface area contributed by atoms with Crippen molar-refractivity contribution >= 4 is 17.4 Å². The Bertz CT molecular complexity index is 699. The van der Waals surface area contributed by atoms with Crippen molar-refractivity contribution in [2.24, 2.45) is 0 Å². The predicted molar refractivity (Wildman–Crippen MR) is 94.1 cm³/mol. The lowest BCUT2D eigenvalue weighted by Crippen LogP contribution is -2.39. The molecule has 1 unspecified atom stereocenters. The summed E-state index contributed by atoms with van der Waals surface area (Å²) in [6.45, 7) is 4.23. The SMILES string of the molecule is CC(Cn1cncn1)NC(=O)Nc1cc(F)ccc1N1CCCCC1. The van der Waals surface area contributed by atoms with Crippen molar-refractivity contribution in [3.8, 4) is 0 Å². The van der Waals surface area contributed by atoms with E-state index in [1.165, 1.54) is 24.9 Å². The van der Waals surface area contributed by atoms with Gasteiger partial charge in [0.05, 0.1) is 17.9 Å². The van der Waals surface area contributed by atoms with E-state index in [0.717, 1.165) is 31.6 Å². The van der Waals surface area contributed by atoms with Gasteiger partial charge in [0.25, 0.3) is 0 Å². The molecule has 8 heteroatoms. The molecule has 0 saturated carbocycles. The fourth-order valence-corrected chi connectivity index (χ4v) is 3.05. The van der Waals surface area contributed by atoms with E-state index < -0.39 is 0 Å². The Labute approximate surface area is 146 Å². The van der Waals surface area contributed by atoms with Crippen LogP contribution in [0.5, 0.6) is 0 Å². The van der Waals surface area contributed by atoms with Gasteiger partial charge in [-0.1, -0.05) is 0 Å². The second kappa shape index (κ2) is 7.96. The third-order valence-electron chi connectivity index (χ3n) is 4.21. The van der Waals surface area contributed by atoms with Crippen LogP contribution >= 0.6 is 0 Å². The molecule has 0 spiro atoms. The van der Waals surface area contributed by atoms with Crippen LogP contribution in [0.15, 0.2) is 30.9 Å². The molecule has 1 aromatic carbocycles. The molecule has 0 bridgehead atoms. The fourth-order valence-electron chi connectivity index (χ4n) is 3.05. The zero-order valence-corrected chi connectivity index (χ0v) is 14.3. The molecule has 1 aliphatic rings. The van der Waals surface area contributed by atoms with E-state index in [1.807, 2.05) is 6.92 Å². The Morgan fingerprint density at radius 2 is 2.12 bits per heavy atom. The highest BCUT2D eigenvalue weighted by atomic mass is 19.1. The minimum Gasteiger partial charge on any atom is -0.370 e. The molecule has 134 valence electrons. The molecule has 2 heterocycles. The molecule has 1 atom stereocenters. The summed E-state index contributed by atoms with van der Waals surface area (Å²) in [5.41, 5.74) is 1.35.